The molecule has 0 saturated carbocycles. The number of aromatic nitrogens is 4. The van der Waals surface area contributed by atoms with Crippen molar-refractivity contribution in [3.05, 3.63) is 36.7 Å². The smallest absolute Gasteiger partial charge is 0.0949 e. The maximum absolute atomic E-state index is 4.60. The van der Waals surface area contributed by atoms with Crippen LogP contribution in [-0.4, -0.2) is 19.3 Å². The molecule has 2 heterocycles. The summed E-state index contributed by atoms with van der Waals surface area (Å²) in [4.78, 5) is 4.02. The van der Waals surface area contributed by atoms with Crippen LogP contribution in [0.1, 0.15) is 38.4 Å². The Balaban J connectivity index is 2.07. The Morgan fingerprint density at radius 1 is 1.25 bits per heavy atom. The molecule has 2 rings (SSSR count). The average Bonchev–Trinajstić information content (AvgIpc) is 2.93. The Labute approximate surface area is 95.9 Å². The molecule has 0 radical (unpaired) electrons. The first kappa shape index (κ1) is 10.9. The van der Waals surface area contributed by atoms with Crippen LogP contribution in [0.5, 0.6) is 0 Å². The molecule has 0 saturated heterocycles. The van der Waals surface area contributed by atoms with E-state index < -0.39 is 0 Å². The van der Waals surface area contributed by atoms with Crippen molar-refractivity contribution < 1.29 is 0 Å². The summed E-state index contributed by atoms with van der Waals surface area (Å²) in [6, 6.07) is 2.61. The van der Waals surface area contributed by atoms with Crippen molar-refractivity contribution in [2.75, 3.05) is 0 Å². The third kappa shape index (κ3) is 2.32. The summed E-state index contributed by atoms with van der Waals surface area (Å²) in [6.07, 6.45) is 9.89. The fourth-order valence-electron chi connectivity index (χ4n) is 1.90. The summed E-state index contributed by atoms with van der Waals surface area (Å²) in [7, 11) is 0. The van der Waals surface area contributed by atoms with Gasteiger partial charge in [-0.3, -0.25) is 4.68 Å². The quantitative estimate of drug-likeness (QED) is 0.773. The summed E-state index contributed by atoms with van der Waals surface area (Å²) in [5, 5.41) is 4.60. The molecule has 2 aromatic heterocycles. The lowest BCUT2D eigenvalue weighted by Crippen LogP contribution is -2.08. The van der Waals surface area contributed by atoms with Gasteiger partial charge in [0.05, 0.1) is 24.6 Å². The van der Waals surface area contributed by atoms with Gasteiger partial charge >= 0.3 is 0 Å². The predicted molar refractivity (Wildman–Crippen MR) is 63.2 cm³/mol. The summed E-state index contributed by atoms with van der Waals surface area (Å²) >= 11 is 0. The normalized spacial score (nSPS) is 11.2. The zero-order valence-corrected chi connectivity index (χ0v) is 9.87. The van der Waals surface area contributed by atoms with Gasteiger partial charge in [0.2, 0.25) is 0 Å². The zero-order chi connectivity index (χ0) is 11.4. The molecule has 0 bridgehead atoms. The summed E-state index contributed by atoms with van der Waals surface area (Å²) in [5.41, 5.74) is 1.09. The van der Waals surface area contributed by atoms with Crippen LogP contribution >= 0.6 is 0 Å². The van der Waals surface area contributed by atoms with E-state index in [9.17, 15) is 0 Å². The van der Waals surface area contributed by atoms with Crippen LogP contribution in [0.3, 0.4) is 0 Å². The first-order valence-electron chi connectivity index (χ1n) is 5.83. The number of imidazole rings is 1. The van der Waals surface area contributed by atoms with Gasteiger partial charge in [-0.05, 0) is 18.9 Å². The van der Waals surface area contributed by atoms with E-state index >= 15 is 0 Å². The molecule has 0 unspecified atom stereocenters. The monoisotopic (exact) mass is 218 g/mol. The molecule has 0 fully saturated rings. The maximum Gasteiger partial charge on any atom is 0.0949 e. The fourth-order valence-corrected chi connectivity index (χ4v) is 1.90. The molecule has 0 aliphatic carbocycles. The van der Waals surface area contributed by atoms with Gasteiger partial charge in [0.1, 0.15) is 0 Å². The minimum absolute atomic E-state index is 0.525. The van der Waals surface area contributed by atoms with Crippen LogP contribution in [-0.2, 0) is 6.54 Å². The van der Waals surface area contributed by atoms with Gasteiger partial charge in [-0.1, -0.05) is 13.8 Å². The Morgan fingerprint density at radius 3 is 2.69 bits per heavy atom. The molecule has 16 heavy (non-hydrogen) atoms. The van der Waals surface area contributed by atoms with Crippen LogP contribution in [0.2, 0.25) is 0 Å². The minimum Gasteiger partial charge on any atom is -0.331 e. The van der Waals surface area contributed by atoms with Crippen molar-refractivity contribution in [3.63, 3.8) is 0 Å². The van der Waals surface area contributed by atoms with Gasteiger partial charge in [-0.25, -0.2) is 4.98 Å². The van der Waals surface area contributed by atoms with E-state index in [0.717, 1.165) is 25.1 Å². The number of nitrogens with zero attached hydrogens (tertiary/aromatic N) is 4. The lowest BCUT2D eigenvalue weighted by atomic mass is 10.2. The maximum atomic E-state index is 4.60. The average molecular weight is 218 g/mol. The number of rotatable bonds is 5. The molecule has 0 N–H and O–H groups in total. The molecule has 4 heteroatoms. The van der Waals surface area contributed by atoms with E-state index in [0.29, 0.717) is 6.04 Å². The first-order valence-corrected chi connectivity index (χ1v) is 5.83. The topological polar surface area (TPSA) is 35.6 Å². The van der Waals surface area contributed by atoms with E-state index in [1.54, 1.807) is 6.20 Å². The lowest BCUT2D eigenvalue weighted by Gasteiger charge is -2.12. The second kappa shape index (κ2) is 4.96. The van der Waals surface area contributed by atoms with Crippen LogP contribution in [0.15, 0.2) is 31.0 Å². The molecule has 86 valence electrons. The van der Waals surface area contributed by atoms with Gasteiger partial charge in [-0.2, -0.15) is 5.10 Å². The molecular weight excluding hydrogens is 200 g/mol. The Hall–Kier alpha value is -1.58. The highest BCUT2D eigenvalue weighted by molar-refractivity contribution is 5.01. The van der Waals surface area contributed by atoms with Crippen molar-refractivity contribution in [1.82, 2.24) is 19.3 Å². The van der Waals surface area contributed by atoms with Crippen molar-refractivity contribution in [2.24, 2.45) is 0 Å². The molecule has 0 aliphatic rings. The molecule has 4 nitrogen and oxygen atoms in total. The SMILES string of the molecule is CCC(CC)n1ccc(Cn2ccnc2)n1. The molecular formula is C12H18N4. The van der Waals surface area contributed by atoms with Gasteiger partial charge in [0, 0.05) is 18.6 Å². The van der Waals surface area contributed by atoms with E-state index in [4.69, 9.17) is 0 Å². The number of hydrogen-bond donors (Lipinski definition) is 0. The van der Waals surface area contributed by atoms with Crippen LogP contribution < -0.4 is 0 Å². The molecule has 0 aliphatic heterocycles. The van der Waals surface area contributed by atoms with Crippen LogP contribution in [0.4, 0.5) is 0 Å². The number of hydrogen-bond acceptors (Lipinski definition) is 2. The second-order valence-electron chi connectivity index (χ2n) is 3.99. The molecule has 0 aromatic carbocycles. The van der Waals surface area contributed by atoms with E-state index in [2.05, 4.69) is 40.9 Å². The molecule has 0 atom stereocenters. The lowest BCUT2D eigenvalue weighted by molar-refractivity contribution is 0.424. The summed E-state index contributed by atoms with van der Waals surface area (Å²) in [5.74, 6) is 0. The molecule has 0 amide bonds. The van der Waals surface area contributed by atoms with Crippen LogP contribution in [0, 0.1) is 0 Å². The highest BCUT2D eigenvalue weighted by Gasteiger charge is 2.07. The standard InChI is InChI=1S/C12H18N4/c1-3-12(4-2)16-7-5-11(14-16)9-15-8-6-13-10-15/h5-8,10,12H,3-4,9H2,1-2H3. The van der Waals surface area contributed by atoms with Crippen molar-refractivity contribution in [2.45, 2.75) is 39.3 Å². The van der Waals surface area contributed by atoms with Gasteiger partial charge < -0.3 is 4.57 Å². The summed E-state index contributed by atoms with van der Waals surface area (Å²) in [6.45, 7) is 5.20. The highest BCUT2D eigenvalue weighted by atomic mass is 15.3. The first-order chi connectivity index (χ1) is 7.83. The Morgan fingerprint density at radius 2 is 2.06 bits per heavy atom. The van der Waals surface area contributed by atoms with Crippen molar-refractivity contribution in [3.8, 4) is 0 Å². The fraction of sp³-hybridized carbons (Fsp3) is 0.500. The predicted octanol–water partition coefficient (Wildman–Crippen LogP) is 2.49. The third-order valence-electron chi connectivity index (χ3n) is 2.88. The van der Waals surface area contributed by atoms with Gasteiger partial charge in [0.15, 0.2) is 0 Å². The van der Waals surface area contributed by atoms with Gasteiger partial charge in [0.25, 0.3) is 0 Å². The van der Waals surface area contributed by atoms with Crippen molar-refractivity contribution in [1.29, 1.82) is 0 Å². The summed E-state index contributed by atoms with van der Waals surface area (Å²) < 4.78 is 4.10. The molecule has 2 aromatic rings. The molecule has 0 spiro atoms. The van der Waals surface area contributed by atoms with Gasteiger partial charge in [-0.15, -0.1) is 0 Å². The minimum atomic E-state index is 0.525. The van der Waals surface area contributed by atoms with E-state index in [-0.39, 0.29) is 0 Å². The van der Waals surface area contributed by atoms with E-state index in [1.807, 2.05) is 17.1 Å². The Kier molecular flexibility index (Phi) is 3.39. The largest absolute Gasteiger partial charge is 0.331 e. The zero-order valence-electron chi connectivity index (χ0n) is 9.87. The second-order valence-corrected chi connectivity index (χ2v) is 3.99. The highest BCUT2D eigenvalue weighted by Crippen LogP contribution is 2.14. The van der Waals surface area contributed by atoms with Crippen molar-refractivity contribution >= 4 is 0 Å². The van der Waals surface area contributed by atoms with Crippen LogP contribution in [0.25, 0.3) is 0 Å². The third-order valence-corrected chi connectivity index (χ3v) is 2.88. The van der Waals surface area contributed by atoms with E-state index in [1.165, 1.54) is 0 Å². The Bertz CT molecular complexity index is 412.